The van der Waals surface area contributed by atoms with Gasteiger partial charge in [0.2, 0.25) is 0 Å². The van der Waals surface area contributed by atoms with E-state index in [-0.39, 0.29) is 5.92 Å². The van der Waals surface area contributed by atoms with Gasteiger partial charge in [-0.15, -0.1) is 0 Å². The molecule has 0 bridgehead atoms. The van der Waals surface area contributed by atoms with Crippen molar-refractivity contribution in [3.8, 4) is 0 Å². The molecule has 0 aromatic carbocycles. The van der Waals surface area contributed by atoms with Crippen LogP contribution in [-0.2, 0) is 4.79 Å². The molecule has 1 N–H and O–H groups in total. The fraction of sp³-hybridized carbons (Fsp3) is 0.917. The van der Waals surface area contributed by atoms with E-state index >= 15 is 0 Å². The minimum absolute atomic E-state index is 0.0253. The predicted octanol–water partition coefficient (Wildman–Crippen LogP) is 1.73. The summed E-state index contributed by atoms with van der Waals surface area (Å²) in [5.74, 6) is -0.150. The van der Waals surface area contributed by atoms with Gasteiger partial charge in [-0.2, -0.15) is 0 Å². The highest BCUT2D eigenvalue weighted by molar-refractivity contribution is 5.73. The fourth-order valence-corrected chi connectivity index (χ4v) is 3.47. The maximum Gasteiger partial charge on any atom is 0.306 e. The Kier molecular flexibility index (Phi) is 2.06. The largest absolute Gasteiger partial charge is 0.481 e. The van der Waals surface area contributed by atoms with Crippen LogP contribution in [0.25, 0.3) is 0 Å². The Morgan fingerprint density at radius 1 is 1.33 bits per heavy atom. The van der Waals surface area contributed by atoms with Crippen LogP contribution in [-0.4, -0.2) is 34.6 Å². The lowest BCUT2D eigenvalue weighted by atomic mass is 9.75. The van der Waals surface area contributed by atoms with E-state index in [9.17, 15) is 4.79 Å². The summed E-state index contributed by atoms with van der Waals surface area (Å²) in [4.78, 5) is 13.4. The molecule has 1 aliphatic heterocycles. The molecular formula is C12H19NO2. The number of rotatable bonds is 3. The van der Waals surface area contributed by atoms with Crippen LogP contribution in [0, 0.1) is 11.8 Å². The lowest BCUT2D eigenvalue weighted by molar-refractivity contribution is -0.139. The van der Waals surface area contributed by atoms with Gasteiger partial charge in [-0.3, -0.25) is 9.69 Å². The lowest BCUT2D eigenvalue weighted by Crippen LogP contribution is -2.50. The van der Waals surface area contributed by atoms with Gasteiger partial charge in [0.25, 0.3) is 0 Å². The van der Waals surface area contributed by atoms with Crippen molar-refractivity contribution in [3.63, 3.8) is 0 Å². The number of carboxylic acid groups (broad SMARTS) is 1. The first-order valence-corrected chi connectivity index (χ1v) is 6.19. The van der Waals surface area contributed by atoms with Gasteiger partial charge in [-0.05, 0) is 51.0 Å². The molecule has 0 aromatic heterocycles. The first-order valence-electron chi connectivity index (χ1n) is 6.19. The molecule has 2 aliphatic carbocycles. The highest BCUT2D eigenvalue weighted by atomic mass is 16.4. The smallest absolute Gasteiger partial charge is 0.306 e. The summed E-state index contributed by atoms with van der Waals surface area (Å²) in [6.45, 7) is 2.26. The van der Waals surface area contributed by atoms with Crippen LogP contribution in [0.15, 0.2) is 0 Å². The van der Waals surface area contributed by atoms with Crippen molar-refractivity contribution < 1.29 is 9.90 Å². The van der Waals surface area contributed by atoms with Crippen molar-refractivity contribution in [2.75, 3.05) is 13.1 Å². The maximum absolute atomic E-state index is 10.8. The number of likely N-dealkylation sites (tertiary alicyclic amines) is 1. The quantitative estimate of drug-likeness (QED) is 0.769. The van der Waals surface area contributed by atoms with Crippen LogP contribution in [0.3, 0.4) is 0 Å². The van der Waals surface area contributed by atoms with Crippen molar-refractivity contribution in [3.05, 3.63) is 0 Å². The molecule has 3 aliphatic rings. The standard InChI is InChI=1S/C12H19NO2/c14-11(15)10-7-9(10)8-13-6-2-5-12(13)3-1-4-12/h9-10H,1-8H2,(H,14,15)/t9-,10+/m0/s1. The second-order valence-electron chi connectivity index (χ2n) is 5.57. The maximum atomic E-state index is 10.8. The van der Waals surface area contributed by atoms with Crippen molar-refractivity contribution >= 4 is 5.97 Å². The summed E-state index contributed by atoms with van der Waals surface area (Å²) in [6.07, 6.45) is 7.70. The fourth-order valence-electron chi connectivity index (χ4n) is 3.47. The highest BCUT2D eigenvalue weighted by Crippen LogP contribution is 2.48. The summed E-state index contributed by atoms with van der Waals surface area (Å²) in [5.41, 5.74) is 0.519. The molecule has 2 saturated carbocycles. The first kappa shape index (κ1) is 9.64. The summed E-state index contributed by atoms with van der Waals surface area (Å²) < 4.78 is 0. The minimum Gasteiger partial charge on any atom is -0.481 e. The van der Waals surface area contributed by atoms with Crippen LogP contribution < -0.4 is 0 Å². The Bertz CT molecular complexity index is 285. The molecule has 1 saturated heterocycles. The zero-order valence-electron chi connectivity index (χ0n) is 9.11. The number of aliphatic carboxylic acids is 1. The summed E-state index contributed by atoms with van der Waals surface area (Å²) in [5, 5.41) is 8.88. The Morgan fingerprint density at radius 3 is 2.60 bits per heavy atom. The molecule has 0 unspecified atom stereocenters. The average Bonchev–Trinajstić information content (AvgIpc) is 2.74. The van der Waals surface area contributed by atoms with E-state index in [2.05, 4.69) is 4.90 Å². The van der Waals surface area contributed by atoms with Crippen molar-refractivity contribution in [1.29, 1.82) is 0 Å². The van der Waals surface area contributed by atoms with Gasteiger partial charge in [-0.25, -0.2) is 0 Å². The van der Waals surface area contributed by atoms with Crippen LogP contribution in [0.4, 0.5) is 0 Å². The van der Waals surface area contributed by atoms with E-state index in [0.29, 0.717) is 11.5 Å². The third kappa shape index (κ3) is 1.48. The third-order valence-electron chi connectivity index (χ3n) is 4.72. The van der Waals surface area contributed by atoms with Crippen LogP contribution >= 0.6 is 0 Å². The Balaban J connectivity index is 1.58. The second kappa shape index (κ2) is 3.21. The molecule has 0 aromatic rings. The SMILES string of the molecule is O=C(O)[C@@H]1C[C@H]1CN1CCCC12CCC2. The Morgan fingerprint density at radius 2 is 2.07 bits per heavy atom. The van der Waals surface area contributed by atoms with E-state index in [1.807, 2.05) is 0 Å². The molecule has 2 atom stereocenters. The van der Waals surface area contributed by atoms with Crippen molar-refractivity contribution in [1.82, 2.24) is 4.90 Å². The normalized spacial score (nSPS) is 37.9. The van der Waals surface area contributed by atoms with E-state index in [1.165, 1.54) is 38.6 Å². The molecule has 15 heavy (non-hydrogen) atoms. The van der Waals surface area contributed by atoms with E-state index in [4.69, 9.17) is 5.11 Å². The van der Waals surface area contributed by atoms with Gasteiger partial charge in [0.15, 0.2) is 0 Å². The number of hydrogen-bond acceptors (Lipinski definition) is 2. The number of carbonyl (C=O) groups is 1. The van der Waals surface area contributed by atoms with E-state index < -0.39 is 5.97 Å². The zero-order valence-corrected chi connectivity index (χ0v) is 9.11. The number of hydrogen-bond donors (Lipinski definition) is 1. The minimum atomic E-state index is -0.582. The van der Waals surface area contributed by atoms with Crippen molar-refractivity contribution in [2.24, 2.45) is 11.8 Å². The molecule has 1 spiro atoms. The summed E-state index contributed by atoms with van der Waals surface area (Å²) in [6, 6.07) is 0. The van der Waals surface area contributed by atoms with Gasteiger partial charge in [0.1, 0.15) is 0 Å². The topological polar surface area (TPSA) is 40.5 Å². The van der Waals surface area contributed by atoms with E-state index in [1.54, 1.807) is 0 Å². The molecule has 1 heterocycles. The van der Waals surface area contributed by atoms with Gasteiger partial charge in [0.05, 0.1) is 5.92 Å². The number of nitrogens with zero attached hydrogens (tertiary/aromatic N) is 1. The third-order valence-corrected chi connectivity index (χ3v) is 4.72. The number of carboxylic acids is 1. The van der Waals surface area contributed by atoms with Gasteiger partial charge in [0, 0.05) is 12.1 Å². The monoisotopic (exact) mass is 209 g/mol. The molecule has 0 amide bonds. The Hall–Kier alpha value is -0.570. The van der Waals surface area contributed by atoms with Crippen LogP contribution in [0.2, 0.25) is 0 Å². The van der Waals surface area contributed by atoms with Crippen molar-refractivity contribution in [2.45, 2.75) is 44.1 Å². The molecule has 0 radical (unpaired) electrons. The average molecular weight is 209 g/mol. The molecule has 3 nitrogen and oxygen atoms in total. The summed E-state index contributed by atoms with van der Waals surface area (Å²) in [7, 11) is 0. The molecule has 3 heteroatoms. The lowest BCUT2D eigenvalue weighted by Gasteiger charge is -2.46. The first-order chi connectivity index (χ1) is 7.21. The van der Waals surface area contributed by atoms with Gasteiger partial charge in [-0.1, -0.05) is 0 Å². The highest BCUT2D eigenvalue weighted by Gasteiger charge is 2.50. The summed E-state index contributed by atoms with van der Waals surface area (Å²) >= 11 is 0. The zero-order chi connectivity index (χ0) is 10.5. The second-order valence-corrected chi connectivity index (χ2v) is 5.57. The molecular weight excluding hydrogens is 190 g/mol. The van der Waals surface area contributed by atoms with Gasteiger partial charge >= 0.3 is 5.97 Å². The molecule has 3 fully saturated rings. The van der Waals surface area contributed by atoms with Crippen LogP contribution in [0.5, 0.6) is 0 Å². The molecule has 84 valence electrons. The predicted molar refractivity (Wildman–Crippen MR) is 56.6 cm³/mol. The van der Waals surface area contributed by atoms with E-state index in [0.717, 1.165) is 13.0 Å². The van der Waals surface area contributed by atoms with Crippen LogP contribution in [0.1, 0.15) is 38.5 Å². The Labute approximate surface area is 90.5 Å². The molecule has 3 rings (SSSR count). The van der Waals surface area contributed by atoms with Gasteiger partial charge < -0.3 is 5.11 Å².